The van der Waals surface area contributed by atoms with Crippen LogP contribution in [0.25, 0.3) is 0 Å². The average molecular weight is 275 g/mol. The van der Waals surface area contributed by atoms with Crippen molar-refractivity contribution in [2.75, 3.05) is 6.54 Å². The standard InChI is InChI=1S/C14H23F2NO2/c15-14(16)6-4-11(5-7-14)13(19)17-9-10-2-1-3-12(18)8-10/h10-12,18H,1-9H2,(H,17,19). The third-order valence-electron chi connectivity index (χ3n) is 4.41. The van der Waals surface area contributed by atoms with Crippen molar-refractivity contribution in [2.24, 2.45) is 11.8 Å². The first kappa shape index (κ1) is 14.7. The van der Waals surface area contributed by atoms with E-state index >= 15 is 0 Å². The van der Waals surface area contributed by atoms with E-state index in [1.165, 1.54) is 0 Å². The van der Waals surface area contributed by atoms with Gasteiger partial charge in [0.25, 0.3) is 0 Å². The van der Waals surface area contributed by atoms with Crippen molar-refractivity contribution in [3.8, 4) is 0 Å². The van der Waals surface area contributed by atoms with Crippen LogP contribution in [0.5, 0.6) is 0 Å². The zero-order valence-electron chi connectivity index (χ0n) is 11.2. The van der Waals surface area contributed by atoms with Crippen molar-refractivity contribution < 1.29 is 18.7 Å². The largest absolute Gasteiger partial charge is 0.393 e. The maximum atomic E-state index is 13.0. The van der Waals surface area contributed by atoms with Crippen LogP contribution < -0.4 is 5.32 Å². The number of amides is 1. The summed E-state index contributed by atoms with van der Waals surface area (Å²) in [6, 6.07) is 0. The van der Waals surface area contributed by atoms with Gasteiger partial charge in [-0.1, -0.05) is 6.42 Å². The summed E-state index contributed by atoms with van der Waals surface area (Å²) < 4.78 is 26.0. The zero-order valence-corrected chi connectivity index (χ0v) is 11.2. The van der Waals surface area contributed by atoms with Crippen LogP contribution in [0.15, 0.2) is 0 Å². The van der Waals surface area contributed by atoms with Crippen molar-refractivity contribution in [3.63, 3.8) is 0 Å². The van der Waals surface area contributed by atoms with Crippen LogP contribution in [-0.4, -0.2) is 29.6 Å². The average Bonchev–Trinajstić information content (AvgIpc) is 2.36. The summed E-state index contributed by atoms with van der Waals surface area (Å²) in [6.45, 7) is 0.572. The number of carbonyl (C=O) groups excluding carboxylic acids is 1. The molecule has 2 aliphatic rings. The maximum Gasteiger partial charge on any atom is 0.248 e. The molecule has 1 amide bonds. The number of hydrogen-bond acceptors (Lipinski definition) is 2. The van der Waals surface area contributed by atoms with Crippen molar-refractivity contribution in [3.05, 3.63) is 0 Å². The Morgan fingerprint density at radius 3 is 2.53 bits per heavy atom. The van der Waals surface area contributed by atoms with Gasteiger partial charge in [-0.05, 0) is 38.0 Å². The summed E-state index contributed by atoms with van der Waals surface area (Å²) in [7, 11) is 0. The predicted molar refractivity (Wildman–Crippen MR) is 67.9 cm³/mol. The topological polar surface area (TPSA) is 49.3 Å². The molecular weight excluding hydrogens is 252 g/mol. The highest BCUT2D eigenvalue weighted by Crippen LogP contribution is 2.36. The Kier molecular flexibility index (Phi) is 4.76. The molecule has 2 aliphatic carbocycles. The van der Waals surface area contributed by atoms with Gasteiger partial charge >= 0.3 is 0 Å². The molecule has 0 aliphatic heterocycles. The van der Waals surface area contributed by atoms with Crippen molar-refractivity contribution in [1.29, 1.82) is 0 Å². The number of halogens is 2. The Bertz CT molecular complexity index is 313. The van der Waals surface area contributed by atoms with Crippen molar-refractivity contribution in [1.82, 2.24) is 5.32 Å². The molecular formula is C14H23F2NO2. The zero-order chi connectivity index (χ0) is 13.9. The monoisotopic (exact) mass is 275 g/mol. The molecule has 0 spiro atoms. The summed E-state index contributed by atoms with van der Waals surface area (Å²) in [4.78, 5) is 11.9. The number of aliphatic hydroxyl groups excluding tert-OH is 1. The highest BCUT2D eigenvalue weighted by atomic mass is 19.3. The van der Waals surface area contributed by atoms with Crippen molar-refractivity contribution in [2.45, 2.75) is 63.4 Å². The Morgan fingerprint density at radius 1 is 1.21 bits per heavy atom. The van der Waals surface area contributed by atoms with Crippen LogP contribution in [0.1, 0.15) is 51.4 Å². The van der Waals surface area contributed by atoms with E-state index in [2.05, 4.69) is 5.32 Å². The number of nitrogens with one attached hydrogen (secondary N) is 1. The van der Waals surface area contributed by atoms with Gasteiger partial charge in [0.05, 0.1) is 6.10 Å². The second kappa shape index (κ2) is 6.16. The lowest BCUT2D eigenvalue weighted by Crippen LogP contribution is -2.39. The first-order valence-corrected chi connectivity index (χ1v) is 7.30. The van der Waals surface area contributed by atoms with Crippen LogP contribution in [0.3, 0.4) is 0 Å². The van der Waals surface area contributed by atoms with E-state index in [4.69, 9.17) is 0 Å². The molecule has 2 saturated carbocycles. The fourth-order valence-electron chi connectivity index (χ4n) is 3.14. The fraction of sp³-hybridized carbons (Fsp3) is 0.929. The number of hydrogen-bond donors (Lipinski definition) is 2. The van der Waals surface area contributed by atoms with Crippen LogP contribution in [0, 0.1) is 11.8 Å². The smallest absolute Gasteiger partial charge is 0.248 e. The summed E-state index contributed by atoms with van der Waals surface area (Å²) >= 11 is 0. The third kappa shape index (κ3) is 4.41. The number of carbonyl (C=O) groups is 1. The molecule has 0 aromatic carbocycles. The molecule has 3 nitrogen and oxygen atoms in total. The highest BCUT2D eigenvalue weighted by Gasteiger charge is 2.37. The first-order valence-electron chi connectivity index (χ1n) is 7.30. The highest BCUT2D eigenvalue weighted by molar-refractivity contribution is 5.78. The molecule has 19 heavy (non-hydrogen) atoms. The van der Waals surface area contributed by atoms with Crippen LogP contribution in [-0.2, 0) is 4.79 Å². The molecule has 2 fully saturated rings. The summed E-state index contributed by atoms with van der Waals surface area (Å²) in [5, 5.41) is 12.4. The molecule has 0 aromatic heterocycles. The van der Waals surface area contributed by atoms with Crippen molar-refractivity contribution >= 4 is 5.91 Å². The molecule has 2 unspecified atom stereocenters. The van der Waals surface area contributed by atoms with Gasteiger partial charge in [0, 0.05) is 25.3 Å². The Morgan fingerprint density at radius 2 is 1.89 bits per heavy atom. The van der Waals surface area contributed by atoms with Gasteiger partial charge in [-0.15, -0.1) is 0 Å². The molecule has 0 radical (unpaired) electrons. The van der Waals surface area contributed by atoms with E-state index in [1.54, 1.807) is 0 Å². The Balaban J connectivity index is 1.70. The maximum absolute atomic E-state index is 13.0. The normalized spacial score (nSPS) is 31.9. The SMILES string of the molecule is O=C(NCC1CCCC(O)C1)C1CCC(F)(F)CC1. The van der Waals surface area contributed by atoms with Crippen LogP contribution >= 0.6 is 0 Å². The van der Waals surface area contributed by atoms with Gasteiger partial charge in [-0.3, -0.25) is 4.79 Å². The summed E-state index contributed by atoms with van der Waals surface area (Å²) in [6.07, 6.45) is 3.59. The van der Waals surface area contributed by atoms with Gasteiger partial charge < -0.3 is 10.4 Å². The fourth-order valence-corrected chi connectivity index (χ4v) is 3.14. The summed E-state index contributed by atoms with van der Waals surface area (Å²) in [5.41, 5.74) is 0. The predicted octanol–water partition coefficient (Wildman–Crippen LogP) is 2.48. The Labute approximate surface area is 112 Å². The number of rotatable bonds is 3. The third-order valence-corrected chi connectivity index (χ3v) is 4.41. The van der Waals surface area contributed by atoms with E-state index in [9.17, 15) is 18.7 Å². The van der Waals surface area contributed by atoms with Gasteiger partial charge in [0.15, 0.2) is 0 Å². The second-order valence-electron chi connectivity index (χ2n) is 6.06. The number of alkyl halides is 2. The minimum atomic E-state index is -2.58. The lowest BCUT2D eigenvalue weighted by Gasteiger charge is -2.29. The van der Waals surface area contributed by atoms with Gasteiger partial charge in [-0.2, -0.15) is 0 Å². The van der Waals surface area contributed by atoms with Crippen LogP contribution in [0.2, 0.25) is 0 Å². The molecule has 0 saturated heterocycles. The lowest BCUT2D eigenvalue weighted by atomic mass is 9.85. The first-order chi connectivity index (χ1) is 8.96. The molecule has 2 N–H and O–H groups in total. The second-order valence-corrected chi connectivity index (χ2v) is 6.06. The minimum absolute atomic E-state index is 0.0874. The minimum Gasteiger partial charge on any atom is -0.393 e. The summed E-state index contributed by atoms with van der Waals surface area (Å²) in [5.74, 6) is -2.59. The molecule has 5 heteroatoms. The lowest BCUT2D eigenvalue weighted by molar-refractivity contribution is -0.129. The molecule has 110 valence electrons. The molecule has 0 heterocycles. The molecule has 0 bridgehead atoms. The van der Waals surface area contributed by atoms with Crippen LogP contribution in [0.4, 0.5) is 8.78 Å². The molecule has 2 atom stereocenters. The van der Waals surface area contributed by atoms with E-state index < -0.39 is 5.92 Å². The van der Waals surface area contributed by atoms with E-state index in [1.807, 2.05) is 0 Å². The van der Waals surface area contributed by atoms with Gasteiger partial charge in [-0.25, -0.2) is 8.78 Å². The Hall–Kier alpha value is -0.710. The number of aliphatic hydroxyl groups is 1. The van der Waals surface area contributed by atoms with Gasteiger partial charge in [0.2, 0.25) is 11.8 Å². The van der Waals surface area contributed by atoms with E-state index in [0.717, 1.165) is 25.7 Å². The van der Waals surface area contributed by atoms with E-state index in [-0.39, 0.29) is 43.6 Å². The molecule has 2 rings (SSSR count). The molecule has 0 aromatic rings. The van der Waals surface area contributed by atoms with Gasteiger partial charge in [0.1, 0.15) is 0 Å². The quantitative estimate of drug-likeness (QED) is 0.831. The van der Waals surface area contributed by atoms with E-state index in [0.29, 0.717) is 12.5 Å².